The summed E-state index contributed by atoms with van der Waals surface area (Å²) < 4.78 is 0. The topological polar surface area (TPSA) is 44.4 Å². The Kier molecular flexibility index (Phi) is 3.51. The van der Waals surface area contributed by atoms with Crippen molar-refractivity contribution < 1.29 is 4.79 Å². The van der Waals surface area contributed by atoms with Gasteiger partial charge in [0.25, 0.3) is 0 Å². The zero-order chi connectivity index (χ0) is 16.0. The number of anilines is 2. The summed E-state index contributed by atoms with van der Waals surface area (Å²) in [5, 5.41) is 6.39. The summed E-state index contributed by atoms with van der Waals surface area (Å²) >= 11 is 0. The van der Waals surface area contributed by atoms with E-state index in [0.717, 1.165) is 29.1 Å². The number of benzene rings is 1. The van der Waals surface area contributed by atoms with Crippen molar-refractivity contribution in [1.29, 1.82) is 0 Å². The van der Waals surface area contributed by atoms with Gasteiger partial charge in [-0.25, -0.2) is 4.79 Å². The molecule has 0 spiro atoms. The molecule has 0 heterocycles. The van der Waals surface area contributed by atoms with Crippen LogP contribution in [0.4, 0.5) is 16.2 Å². The predicted molar refractivity (Wildman–Crippen MR) is 93.8 cm³/mol. The Bertz CT molecular complexity index is 575. The summed E-state index contributed by atoms with van der Waals surface area (Å²) in [7, 11) is 4.02. The third kappa shape index (κ3) is 2.91. The van der Waals surface area contributed by atoms with E-state index in [-0.39, 0.29) is 11.6 Å². The predicted octanol–water partition coefficient (Wildman–Crippen LogP) is 3.84. The average Bonchev–Trinajstić information content (AvgIpc) is 2.45. The van der Waals surface area contributed by atoms with Crippen LogP contribution >= 0.6 is 0 Å². The molecule has 0 aliphatic heterocycles. The number of urea groups is 1. The fourth-order valence-electron chi connectivity index (χ4n) is 5.53. The van der Waals surface area contributed by atoms with Crippen molar-refractivity contribution in [3.05, 3.63) is 24.3 Å². The summed E-state index contributed by atoms with van der Waals surface area (Å²) in [4.78, 5) is 14.6. The van der Waals surface area contributed by atoms with E-state index in [1.165, 1.54) is 38.5 Å². The SMILES string of the molecule is CN(C)c1cccc(NC(=O)NC23CC4CC(CC(C4)C2)C3)c1. The van der Waals surface area contributed by atoms with Crippen molar-refractivity contribution >= 4 is 17.4 Å². The first kappa shape index (κ1) is 14.9. The zero-order valence-corrected chi connectivity index (χ0v) is 14.1. The van der Waals surface area contributed by atoms with Gasteiger partial charge in [0.1, 0.15) is 0 Å². The molecule has 2 amide bonds. The van der Waals surface area contributed by atoms with Crippen molar-refractivity contribution in [3.8, 4) is 0 Å². The molecule has 0 saturated heterocycles. The van der Waals surface area contributed by atoms with E-state index in [0.29, 0.717) is 0 Å². The molecule has 4 nitrogen and oxygen atoms in total. The third-order valence-electron chi connectivity index (χ3n) is 6.04. The second kappa shape index (κ2) is 5.43. The second-order valence-electron chi connectivity index (χ2n) is 8.22. The Labute approximate surface area is 138 Å². The van der Waals surface area contributed by atoms with Crippen molar-refractivity contribution in [2.75, 3.05) is 24.3 Å². The highest BCUT2D eigenvalue weighted by Crippen LogP contribution is 2.55. The minimum atomic E-state index is -0.0390. The van der Waals surface area contributed by atoms with Gasteiger partial charge in [-0.3, -0.25) is 0 Å². The van der Waals surface area contributed by atoms with Gasteiger partial charge in [0.05, 0.1) is 0 Å². The van der Waals surface area contributed by atoms with Crippen LogP contribution in [0.2, 0.25) is 0 Å². The zero-order valence-electron chi connectivity index (χ0n) is 14.1. The molecule has 5 rings (SSSR count). The largest absolute Gasteiger partial charge is 0.378 e. The number of carbonyl (C=O) groups excluding carboxylic acids is 1. The first-order valence-corrected chi connectivity index (χ1v) is 8.88. The quantitative estimate of drug-likeness (QED) is 0.890. The molecule has 4 saturated carbocycles. The minimum Gasteiger partial charge on any atom is -0.378 e. The Hall–Kier alpha value is -1.71. The molecule has 23 heavy (non-hydrogen) atoms. The normalized spacial score (nSPS) is 34.3. The van der Waals surface area contributed by atoms with Crippen LogP contribution in [0.25, 0.3) is 0 Å². The smallest absolute Gasteiger partial charge is 0.319 e. The number of nitrogens with one attached hydrogen (secondary N) is 2. The summed E-state index contributed by atoms with van der Waals surface area (Å²) in [6.07, 6.45) is 7.74. The van der Waals surface area contributed by atoms with Crippen molar-refractivity contribution in [3.63, 3.8) is 0 Å². The van der Waals surface area contributed by atoms with Crippen molar-refractivity contribution in [2.24, 2.45) is 17.8 Å². The Morgan fingerprint density at radius 1 is 1.09 bits per heavy atom. The fraction of sp³-hybridized carbons (Fsp3) is 0.632. The Morgan fingerprint density at radius 2 is 1.70 bits per heavy atom. The molecule has 0 unspecified atom stereocenters. The molecule has 1 aromatic rings. The summed E-state index contributed by atoms with van der Waals surface area (Å²) in [6, 6.07) is 7.95. The lowest BCUT2D eigenvalue weighted by Gasteiger charge is -2.56. The highest BCUT2D eigenvalue weighted by molar-refractivity contribution is 5.90. The lowest BCUT2D eigenvalue weighted by atomic mass is 9.53. The van der Waals surface area contributed by atoms with E-state index in [4.69, 9.17) is 0 Å². The first-order valence-electron chi connectivity index (χ1n) is 8.88. The number of hydrogen-bond acceptors (Lipinski definition) is 2. The van der Waals surface area contributed by atoms with E-state index in [1.54, 1.807) is 0 Å². The maximum atomic E-state index is 12.5. The van der Waals surface area contributed by atoms with E-state index >= 15 is 0 Å². The molecule has 4 bridgehead atoms. The van der Waals surface area contributed by atoms with Crippen LogP contribution in [0.15, 0.2) is 24.3 Å². The Balaban J connectivity index is 1.43. The molecule has 4 aliphatic carbocycles. The monoisotopic (exact) mass is 313 g/mol. The first-order chi connectivity index (χ1) is 11.0. The molecule has 1 aromatic carbocycles. The van der Waals surface area contributed by atoms with Gasteiger partial charge in [-0.1, -0.05) is 6.07 Å². The number of amides is 2. The van der Waals surface area contributed by atoms with Crippen LogP contribution in [0.5, 0.6) is 0 Å². The summed E-state index contributed by atoms with van der Waals surface area (Å²) in [5.74, 6) is 2.54. The molecule has 0 atom stereocenters. The van der Waals surface area contributed by atoms with Gasteiger partial charge < -0.3 is 15.5 Å². The molecule has 0 aromatic heterocycles. The van der Waals surface area contributed by atoms with Crippen LogP contribution in [0.3, 0.4) is 0 Å². The van der Waals surface area contributed by atoms with Crippen molar-refractivity contribution in [1.82, 2.24) is 5.32 Å². The van der Waals surface area contributed by atoms with Gasteiger partial charge in [0.15, 0.2) is 0 Å². The minimum absolute atomic E-state index is 0.0390. The van der Waals surface area contributed by atoms with Crippen LogP contribution < -0.4 is 15.5 Å². The third-order valence-corrected chi connectivity index (χ3v) is 6.04. The van der Waals surface area contributed by atoms with E-state index in [1.807, 2.05) is 43.3 Å². The molecule has 2 N–H and O–H groups in total. The van der Waals surface area contributed by atoms with Crippen LogP contribution in [0.1, 0.15) is 38.5 Å². The van der Waals surface area contributed by atoms with E-state index in [9.17, 15) is 4.79 Å². The van der Waals surface area contributed by atoms with Gasteiger partial charge in [0.2, 0.25) is 0 Å². The lowest BCUT2D eigenvalue weighted by Crippen LogP contribution is -2.60. The average molecular weight is 313 g/mol. The van der Waals surface area contributed by atoms with Gasteiger partial charge in [-0.2, -0.15) is 0 Å². The standard InChI is InChI=1S/C19H27N3O/c1-22(2)17-5-3-4-16(9-17)20-18(23)21-19-10-13-6-14(11-19)8-15(7-13)12-19/h3-5,9,13-15H,6-8,10-12H2,1-2H3,(H2,20,21,23). The second-order valence-corrected chi connectivity index (χ2v) is 8.22. The highest BCUT2D eigenvalue weighted by atomic mass is 16.2. The molecular formula is C19H27N3O. The maximum absolute atomic E-state index is 12.5. The Morgan fingerprint density at radius 3 is 2.26 bits per heavy atom. The lowest BCUT2D eigenvalue weighted by molar-refractivity contribution is -0.0127. The number of carbonyl (C=O) groups is 1. The maximum Gasteiger partial charge on any atom is 0.319 e. The number of nitrogens with zero attached hydrogens (tertiary/aromatic N) is 1. The van der Waals surface area contributed by atoms with E-state index in [2.05, 4.69) is 10.6 Å². The highest BCUT2D eigenvalue weighted by Gasteiger charge is 2.51. The number of hydrogen-bond donors (Lipinski definition) is 2. The molecule has 4 aliphatic rings. The van der Waals surface area contributed by atoms with E-state index < -0.39 is 0 Å². The van der Waals surface area contributed by atoms with Crippen LogP contribution in [-0.2, 0) is 0 Å². The van der Waals surface area contributed by atoms with Gasteiger partial charge in [0, 0.05) is 31.0 Å². The van der Waals surface area contributed by atoms with Crippen molar-refractivity contribution in [2.45, 2.75) is 44.1 Å². The number of rotatable bonds is 3. The molecule has 4 fully saturated rings. The summed E-state index contributed by atoms with van der Waals surface area (Å²) in [6.45, 7) is 0. The molecule has 0 radical (unpaired) electrons. The summed E-state index contributed by atoms with van der Waals surface area (Å²) in [5.41, 5.74) is 2.02. The molecule has 4 heteroatoms. The van der Waals surface area contributed by atoms with Gasteiger partial charge in [-0.15, -0.1) is 0 Å². The van der Waals surface area contributed by atoms with Crippen LogP contribution in [-0.4, -0.2) is 25.7 Å². The van der Waals surface area contributed by atoms with Gasteiger partial charge in [-0.05, 0) is 74.5 Å². The molecular weight excluding hydrogens is 286 g/mol. The fourth-order valence-corrected chi connectivity index (χ4v) is 5.53. The van der Waals surface area contributed by atoms with Crippen LogP contribution in [0, 0.1) is 17.8 Å². The van der Waals surface area contributed by atoms with Gasteiger partial charge >= 0.3 is 6.03 Å². The molecule has 124 valence electrons.